The summed E-state index contributed by atoms with van der Waals surface area (Å²) in [5, 5.41) is 3.94. The van der Waals surface area contributed by atoms with Gasteiger partial charge in [0.2, 0.25) is 0 Å². The maximum absolute atomic E-state index is 14.1. The average Bonchev–Trinajstić information content (AvgIpc) is 2.90. The van der Waals surface area contributed by atoms with Crippen molar-refractivity contribution < 1.29 is 4.39 Å². The smallest absolute Gasteiger partial charge is 0.171 e. The maximum atomic E-state index is 14.1. The number of fused-ring (bicyclic) bond motifs is 1. The van der Waals surface area contributed by atoms with Crippen LogP contribution in [0.5, 0.6) is 0 Å². The third-order valence-corrected chi connectivity index (χ3v) is 4.23. The van der Waals surface area contributed by atoms with Gasteiger partial charge in [0.25, 0.3) is 0 Å². The highest BCUT2D eigenvalue weighted by molar-refractivity contribution is 7.99. The molecule has 0 amide bonds. The lowest BCUT2D eigenvalue weighted by Crippen LogP contribution is -2.12. The number of nitrogens with one attached hydrogen (secondary N) is 2. The first kappa shape index (κ1) is 14.1. The summed E-state index contributed by atoms with van der Waals surface area (Å²) in [4.78, 5) is 8.33. The Balaban J connectivity index is 1.93. The van der Waals surface area contributed by atoms with Gasteiger partial charge in [-0.1, -0.05) is 31.2 Å². The van der Waals surface area contributed by atoms with Crippen molar-refractivity contribution >= 4 is 22.8 Å². The van der Waals surface area contributed by atoms with Crippen LogP contribution in [0.4, 0.5) is 4.39 Å². The third-order valence-electron chi connectivity index (χ3n) is 3.18. The number of halogens is 1. The molecule has 0 aliphatic heterocycles. The Labute approximate surface area is 127 Å². The molecular formula is C16H16FN3S. The van der Waals surface area contributed by atoms with E-state index in [0.29, 0.717) is 16.6 Å². The molecule has 3 aromatic rings. The van der Waals surface area contributed by atoms with Gasteiger partial charge >= 0.3 is 0 Å². The molecule has 0 spiro atoms. The first-order valence-corrected chi connectivity index (χ1v) is 7.70. The van der Waals surface area contributed by atoms with Crippen LogP contribution in [-0.4, -0.2) is 16.5 Å². The zero-order valence-corrected chi connectivity index (χ0v) is 12.5. The predicted molar refractivity (Wildman–Crippen MR) is 84.0 cm³/mol. The fourth-order valence-electron chi connectivity index (χ4n) is 2.14. The number of hydrogen-bond donors (Lipinski definition) is 2. The van der Waals surface area contributed by atoms with E-state index in [1.54, 1.807) is 6.07 Å². The van der Waals surface area contributed by atoms with Crippen LogP contribution in [0.15, 0.2) is 52.5 Å². The quantitative estimate of drug-likeness (QED) is 0.749. The van der Waals surface area contributed by atoms with E-state index in [0.717, 1.165) is 23.1 Å². The number of aromatic amines is 1. The van der Waals surface area contributed by atoms with E-state index in [-0.39, 0.29) is 5.82 Å². The minimum atomic E-state index is -0.212. The van der Waals surface area contributed by atoms with Gasteiger partial charge in [0, 0.05) is 6.54 Å². The molecule has 0 fully saturated rings. The van der Waals surface area contributed by atoms with Gasteiger partial charge in [0.15, 0.2) is 5.16 Å². The summed E-state index contributed by atoms with van der Waals surface area (Å²) < 4.78 is 14.1. The van der Waals surface area contributed by atoms with Gasteiger partial charge < -0.3 is 10.3 Å². The molecule has 0 saturated heterocycles. The van der Waals surface area contributed by atoms with Crippen molar-refractivity contribution in [3.8, 4) is 0 Å². The lowest BCUT2D eigenvalue weighted by Gasteiger charge is -2.09. The van der Waals surface area contributed by atoms with Crippen LogP contribution >= 0.6 is 11.8 Å². The maximum Gasteiger partial charge on any atom is 0.171 e. The molecule has 1 heterocycles. The van der Waals surface area contributed by atoms with Crippen molar-refractivity contribution in [2.75, 3.05) is 6.54 Å². The van der Waals surface area contributed by atoms with Crippen LogP contribution in [0.3, 0.4) is 0 Å². The first-order valence-electron chi connectivity index (χ1n) is 6.88. The van der Waals surface area contributed by atoms with E-state index in [1.165, 1.54) is 17.8 Å². The number of benzene rings is 2. The molecule has 0 radical (unpaired) electrons. The van der Waals surface area contributed by atoms with Gasteiger partial charge in [-0.15, -0.1) is 0 Å². The molecule has 0 bridgehead atoms. The molecule has 2 N–H and O–H groups in total. The van der Waals surface area contributed by atoms with Crippen LogP contribution in [0.1, 0.15) is 12.5 Å². The van der Waals surface area contributed by atoms with E-state index in [1.807, 2.05) is 37.3 Å². The van der Waals surface area contributed by atoms with Crippen molar-refractivity contribution in [3.63, 3.8) is 0 Å². The fraction of sp³-hybridized carbons (Fsp3) is 0.188. The number of imidazole rings is 1. The summed E-state index contributed by atoms with van der Waals surface area (Å²) in [7, 11) is 0. The van der Waals surface area contributed by atoms with Crippen molar-refractivity contribution in [3.05, 3.63) is 53.8 Å². The highest BCUT2D eigenvalue weighted by Gasteiger charge is 2.12. The molecule has 2 aromatic carbocycles. The van der Waals surface area contributed by atoms with Crippen molar-refractivity contribution in [1.29, 1.82) is 0 Å². The van der Waals surface area contributed by atoms with E-state index < -0.39 is 0 Å². The zero-order valence-electron chi connectivity index (χ0n) is 11.7. The number of hydrogen-bond acceptors (Lipinski definition) is 3. The second-order valence-corrected chi connectivity index (χ2v) is 5.67. The molecule has 108 valence electrons. The minimum absolute atomic E-state index is 0.212. The van der Waals surface area contributed by atoms with Gasteiger partial charge in [0.05, 0.1) is 15.9 Å². The standard InChI is InChI=1S/C16H16FN3S/c1-2-18-10-11-6-5-7-12(17)15(11)21-16-19-13-8-3-4-9-14(13)20-16/h3-9,18H,2,10H2,1H3,(H,19,20). The lowest BCUT2D eigenvalue weighted by molar-refractivity contribution is 0.591. The summed E-state index contributed by atoms with van der Waals surface area (Å²) in [5.41, 5.74) is 2.80. The Morgan fingerprint density at radius 2 is 2.05 bits per heavy atom. The molecule has 0 atom stereocenters. The monoisotopic (exact) mass is 301 g/mol. The van der Waals surface area contributed by atoms with Gasteiger partial charge in [-0.3, -0.25) is 0 Å². The second kappa shape index (κ2) is 6.28. The van der Waals surface area contributed by atoms with E-state index in [9.17, 15) is 4.39 Å². The Kier molecular flexibility index (Phi) is 4.22. The lowest BCUT2D eigenvalue weighted by atomic mass is 10.2. The normalized spacial score (nSPS) is 11.1. The highest BCUT2D eigenvalue weighted by Crippen LogP contribution is 2.32. The van der Waals surface area contributed by atoms with Crippen molar-refractivity contribution in [2.24, 2.45) is 0 Å². The second-order valence-electron chi connectivity index (χ2n) is 4.67. The Bertz CT molecular complexity index is 721. The Morgan fingerprint density at radius 3 is 2.86 bits per heavy atom. The summed E-state index contributed by atoms with van der Waals surface area (Å²) in [5.74, 6) is -0.212. The molecule has 0 unspecified atom stereocenters. The van der Waals surface area contributed by atoms with Crippen LogP contribution < -0.4 is 5.32 Å². The van der Waals surface area contributed by atoms with Gasteiger partial charge in [0.1, 0.15) is 5.82 Å². The van der Waals surface area contributed by atoms with Crippen LogP contribution in [0.25, 0.3) is 11.0 Å². The zero-order chi connectivity index (χ0) is 14.7. The summed E-state index contributed by atoms with van der Waals surface area (Å²) in [6.07, 6.45) is 0. The van der Waals surface area contributed by atoms with Gasteiger partial charge in [-0.25, -0.2) is 9.37 Å². The molecule has 0 aliphatic rings. The summed E-state index contributed by atoms with van der Waals surface area (Å²) >= 11 is 1.34. The molecule has 5 heteroatoms. The van der Waals surface area contributed by atoms with Crippen LogP contribution in [0, 0.1) is 5.82 Å². The number of para-hydroxylation sites is 2. The van der Waals surface area contributed by atoms with Gasteiger partial charge in [-0.05, 0) is 42.1 Å². The topological polar surface area (TPSA) is 40.7 Å². The molecule has 0 aliphatic carbocycles. The van der Waals surface area contributed by atoms with Crippen molar-refractivity contribution in [1.82, 2.24) is 15.3 Å². The summed E-state index contributed by atoms with van der Waals surface area (Å²) in [6.45, 7) is 3.54. The van der Waals surface area contributed by atoms with E-state index >= 15 is 0 Å². The predicted octanol–water partition coefficient (Wildman–Crippen LogP) is 3.96. The molecule has 3 rings (SSSR count). The van der Waals surface area contributed by atoms with Crippen LogP contribution in [-0.2, 0) is 6.54 Å². The first-order chi connectivity index (χ1) is 10.3. The van der Waals surface area contributed by atoms with Gasteiger partial charge in [-0.2, -0.15) is 0 Å². The highest BCUT2D eigenvalue weighted by atomic mass is 32.2. The number of H-pyrrole nitrogens is 1. The van der Waals surface area contributed by atoms with E-state index in [2.05, 4.69) is 15.3 Å². The SMILES string of the molecule is CCNCc1cccc(F)c1Sc1nc2ccccc2[nH]1. The molecule has 0 saturated carbocycles. The number of nitrogens with zero attached hydrogens (tertiary/aromatic N) is 1. The summed E-state index contributed by atoms with van der Waals surface area (Å²) in [6, 6.07) is 13.0. The third kappa shape index (κ3) is 3.09. The molecular weight excluding hydrogens is 285 g/mol. The fourth-order valence-corrected chi connectivity index (χ4v) is 3.08. The number of rotatable bonds is 5. The average molecular weight is 301 g/mol. The largest absolute Gasteiger partial charge is 0.333 e. The van der Waals surface area contributed by atoms with Crippen molar-refractivity contribution in [2.45, 2.75) is 23.5 Å². The van der Waals surface area contributed by atoms with Crippen LogP contribution in [0.2, 0.25) is 0 Å². The molecule has 1 aromatic heterocycles. The Hall–Kier alpha value is -1.85. The minimum Gasteiger partial charge on any atom is -0.333 e. The molecule has 3 nitrogen and oxygen atoms in total. The van der Waals surface area contributed by atoms with E-state index in [4.69, 9.17) is 0 Å². The molecule has 21 heavy (non-hydrogen) atoms. The number of aromatic nitrogens is 2. The Morgan fingerprint density at radius 1 is 1.19 bits per heavy atom.